The van der Waals surface area contributed by atoms with Gasteiger partial charge in [0.15, 0.2) is 0 Å². The number of carbonyl (C=O) groups excluding carboxylic acids is 1. The van der Waals surface area contributed by atoms with E-state index >= 15 is 0 Å². The van der Waals surface area contributed by atoms with Crippen molar-refractivity contribution in [2.45, 2.75) is 30.9 Å². The Balaban J connectivity index is 1.92. The fraction of sp³-hybridized carbons (Fsp3) is 0.360. The van der Waals surface area contributed by atoms with Crippen LogP contribution < -0.4 is 0 Å². The number of aryl methyl sites for hydroxylation is 1. The van der Waals surface area contributed by atoms with Gasteiger partial charge < -0.3 is 18.9 Å². The lowest BCUT2D eigenvalue weighted by molar-refractivity contribution is 0.0674. The van der Waals surface area contributed by atoms with Crippen molar-refractivity contribution in [1.29, 1.82) is 0 Å². The smallest absolute Gasteiger partial charge is 0.254 e. The summed E-state index contributed by atoms with van der Waals surface area (Å²) >= 11 is 0. The second-order valence-corrected chi connectivity index (χ2v) is 9.89. The highest BCUT2D eigenvalue weighted by atomic mass is 32.2. The summed E-state index contributed by atoms with van der Waals surface area (Å²) < 4.78 is 38.6. The fourth-order valence-corrected chi connectivity index (χ4v) is 5.09. The monoisotopic (exact) mass is 485 g/mol. The molecular weight excluding hydrogens is 454 g/mol. The lowest BCUT2D eigenvalue weighted by atomic mass is 10.2. The molecule has 0 saturated carbocycles. The molecule has 0 aliphatic heterocycles. The number of hydrogen-bond acceptors (Lipinski definition) is 6. The molecule has 3 aromatic rings. The average Bonchev–Trinajstić information content (AvgIpc) is 3.25. The first-order valence-corrected chi connectivity index (χ1v) is 12.7. The zero-order valence-electron chi connectivity index (χ0n) is 19.8. The first-order chi connectivity index (χ1) is 16.4. The number of nitrogens with zero attached hydrogens (tertiary/aromatic N) is 3. The highest BCUT2D eigenvalue weighted by molar-refractivity contribution is 7.90. The molecule has 1 heterocycles. The summed E-state index contributed by atoms with van der Waals surface area (Å²) in [6.07, 6.45) is 1.52. The van der Waals surface area contributed by atoms with Crippen LogP contribution in [0.2, 0.25) is 0 Å². The minimum Gasteiger partial charge on any atom is -0.383 e. The van der Waals surface area contributed by atoms with Crippen LogP contribution in [-0.4, -0.2) is 62.8 Å². The highest BCUT2D eigenvalue weighted by Crippen LogP contribution is 2.20. The van der Waals surface area contributed by atoms with Gasteiger partial charge in [-0.3, -0.25) is 4.79 Å². The Labute approximate surface area is 201 Å². The van der Waals surface area contributed by atoms with Crippen LogP contribution in [0.4, 0.5) is 0 Å². The minimum atomic E-state index is -3.72. The molecule has 34 heavy (non-hydrogen) atoms. The zero-order chi connectivity index (χ0) is 24.6. The van der Waals surface area contributed by atoms with Gasteiger partial charge in [0.25, 0.3) is 5.91 Å². The predicted octanol–water partition coefficient (Wildman–Crippen LogP) is 3.10. The van der Waals surface area contributed by atoms with E-state index in [2.05, 4.69) is 4.98 Å². The van der Waals surface area contributed by atoms with Crippen LogP contribution in [0.15, 0.2) is 66.0 Å². The van der Waals surface area contributed by atoms with Gasteiger partial charge >= 0.3 is 0 Å². The van der Waals surface area contributed by atoms with Gasteiger partial charge in [-0.1, -0.05) is 48.0 Å². The molecule has 8 nitrogen and oxygen atoms in total. The molecular formula is C25H31N3O5S. The predicted molar refractivity (Wildman–Crippen MR) is 129 cm³/mol. The Hall–Kier alpha value is -3.01. The van der Waals surface area contributed by atoms with Crippen LogP contribution in [0.25, 0.3) is 0 Å². The number of hydrogen-bond donors (Lipinski definition) is 0. The maximum atomic E-state index is 13.3. The van der Waals surface area contributed by atoms with Crippen molar-refractivity contribution >= 4 is 15.7 Å². The summed E-state index contributed by atoms with van der Waals surface area (Å²) in [6.45, 7) is 3.45. The Morgan fingerprint density at radius 2 is 1.68 bits per heavy atom. The molecule has 0 fully saturated rings. The normalized spacial score (nSPS) is 11.5. The number of rotatable bonds is 12. The largest absolute Gasteiger partial charge is 0.383 e. The van der Waals surface area contributed by atoms with Gasteiger partial charge in [-0.25, -0.2) is 13.4 Å². The van der Waals surface area contributed by atoms with E-state index < -0.39 is 9.84 Å². The summed E-state index contributed by atoms with van der Waals surface area (Å²) in [4.78, 5) is 19.1. The third-order valence-electron chi connectivity index (χ3n) is 5.40. The third-order valence-corrected chi connectivity index (χ3v) is 7.00. The van der Waals surface area contributed by atoms with Gasteiger partial charge in [0.2, 0.25) is 15.0 Å². The van der Waals surface area contributed by atoms with Crippen molar-refractivity contribution in [2.24, 2.45) is 0 Å². The fourth-order valence-electron chi connectivity index (χ4n) is 3.57. The van der Waals surface area contributed by atoms with Crippen LogP contribution in [-0.2, 0) is 38.2 Å². The number of ether oxygens (including phenoxy) is 2. The van der Waals surface area contributed by atoms with Gasteiger partial charge in [0.1, 0.15) is 0 Å². The molecule has 1 aromatic heterocycles. The summed E-state index contributed by atoms with van der Waals surface area (Å²) in [7, 11) is -0.594. The Morgan fingerprint density at radius 3 is 2.32 bits per heavy atom. The van der Waals surface area contributed by atoms with E-state index in [1.54, 1.807) is 60.1 Å². The summed E-state index contributed by atoms with van der Waals surface area (Å²) in [5, 5.41) is -0.0287. The first kappa shape index (κ1) is 25.6. The lowest BCUT2D eigenvalue weighted by Crippen LogP contribution is -2.34. The summed E-state index contributed by atoms with van der Waals surface area (Å²) in [6, 6.07) is 16.3. The Bertz CT molecular complexity index is 1180. The Kier molecular flexibility index (Phi) is 8.98. The lowest BCUT2D eigenvalue weighted by Gasteiger charge is -2.23. The van der Waals surface area contributed by atoms with Gasteiger partial charge in [-0.15, -0.1) is 0 Å². The average molecular weight is 486 g/mol. The second kappa shape index (κ2) is 11.9. The van der Waals surface area contributed by atoms with Gasteiger partial charge in [0.05, 0.1) is 37.4 Å². The minimum absolute atomic E-state index is 0.0287. The second-order valence-electron chi connectivity index (χ2n) is 8.01. The molecule has 1 amide bonds. The van der Waals surface area contributed by atoms with Gasteiger partial charge in [0, 0.05) is 32.9 Å². The molecule has 2 aromatic carbocycles. The van der Waals surface area contributed by atoms with Crippen molar-refractivity contribution in [3.63, 3.8) is 0 Å². The summed E-state index contributed by atoms with van der Waals surface area (Å²) in [5.74, 6) is -0.325. The molecule has 0 saturated heterocycles. The number of amides is 1. The molecule has 0 aliphatic rings. The number of imidazole rings is 1. The number of carbonyl (C=O) groups is 1. The molecule has 182 valence electrons. The van der Waals surface area contributed by atoms with E-state index in [9.17, 15) is 13.2 Å². The molecule has 0 bridgehead atoms. The highest BCUT2D eigenvalue weighted by Gasteiger charge is 2.26. The summed E-state index contributed by atoms with van der Waals surface area (Å²) in [5.41, 5.74) is 2.91. The number of benzene rings is 2. The van der Waals surface area contributed by atoms with Gasteiger partial charge in [-0.05, 0) is 24.6 Å². The SMILES string of the molecule is COCCN(Cc1cnc(S(=O)(=O)Cc2ccc(C)cc2)n1CCOC)C(=O)c1ccccc1. The Morgan fingerprint density at radius 1 is 1.00 bits per heavy atom. The van der Waals surface area contributed by atoms with Crippen LogP contribution in [0.1, 0.15) is 27.2 Å². The molecule has 0 aliphatic carbocycles. The van der Waals surface area contributed by atoms with Crippen molar-refractivity contribution < 1.29 is 22.7 Å². The van der Waals surface area contributed by atoms with Crippen molar-refractivity contribution in [3.05, 3.63) is 83.2 Å². The molecule has 0 radical (unpaired) electrons. The molecule has 0 unspecified atom stereocenters. The van der Waals surface area contributed by atoms with E-state index in [4.69, 9.17) is 9.47 Å². The van der Waals surface area contributed by atoms with E-state index in [1.807, 2.05) is 25.1 Å². The third kappa shape index (κ3) is 6.53. The van der Waals surface area contributed by atoms with Crippen molar-refractivity contribution in [3.8, 4) is 0 Å². The number of methoxy groups -OCH3 is 2. The van der Waals surface area contributed by atoms with Crippen LogP contribution in [0.5, 0.6) is 0 Å². The quantitative estimate of drug-likeness (QED) is 0.392. The molecule has 0 atom stereocenters. The van der Waals surface area contributed by atoms with Crippen LogP contribution in [0.3, 0.4) is 0 Å². The maximum absolute atomic E-state index is 13.3. The molecule has 9 heteroatoms. The van der Waals surface area contributed by atoms with E-state index in [0.29, 0.717) is 43.1 Å². The van der Waals surface area contributed by atoms with Gasteiger partial charge in [-0.2, -0.15) is 0 Å². The number of aromatic nitrogens is 2. The van der Waals surface area contributed by atoms with Crippen molar-refractivity contribution in [1.82, 2.24) is 14.5 Å². The van der Waals surface area contributed by atoms with Crippen LogP contribution in [0, 0.1) is 6.92 Å². The van der Waals surface area contributed by atoms with E-state index in [0.717, 1.165) is 5.56 Å². The maximum Gasteiger partial charge on any atom is 0.254 e. The molecule has 3 rings (SSSR count). The topological polar surface area (TPSA) is 90.7 Å². The van der Waals surface area contributed by atoms with Crippen molar-refractivity contribution in [2.75, 3.05) is 34.0 Å². The van der Waals surface area contributed by atoms with E-state index in [-0.39, 0.29) is 23.4 Å². The number of sulfone groups is 1. The van der Waals surface area contributed by atoms with E-state index in [1.165, 1.54) is 6.20 Å². The zero-order valence-corrected chi connectivity index (χ0v) is 20.6. The standard InChI is InChI=1S/C25H31N3O5S/c1-20-9-11-21(12-10-20)19-34(30,31)25-26-17-23(28(25)14-16-33-3)18-27(13-15-32-2)24(29)22-7-5-4-6-8-22/h4-12,17H,13-16,18-19H2,1-3H3. The molecule has 0 N–H and O–H groups in total. The first-order valence-electron chi connectivity index (χ1n) is 11.0. The van der Waals surface area contributed by atoms with Crippen LogP contribution >= 0.6 is 0 Å². The molecule has 0 spiro atoms.